The van der Waals surface area contributed by atoms with E-state index < -0.39 is 40.1 Å². The fourth-order valence-electron chi connectivity index (χ4n) is 3.24. The summed E-state index contributed by atoms with van der Waals surface area (Å²) in [5.74, 6) is -0.452. The van der Waals surface area contributed by atoms with Gasteiger partial charge >= 0.3 is 12.1 Å². The molecule has 1 aromatic carbocycles. The monoisotopic (exact) mass is 492 g/mol. The van der Waals surface area contributed by atoms with Gasteiger partial charge in [-0.2, -0.15) is 0 Å². The maximum atomic E-state index is 13.7. The van der Waals surface area contributed by atoms with Crippen molar-refractivity contribution in [2.24, 2.45) is 5.92 Å². The third-order valence-electron chi connectivity index (χ3n) is 4.89. The van der Waals surface area contributed by atoms with E-state index in [1.54, 1.807) is 32.9 Å². The zero-order valence-corrected chi connectivity index (χ0v) is 22.4. The summed E-state index contributed by atoms with van der Waals surface area (Å²) in [6.45, 7) is 14.5. The van der Waals surface area contributed by atoms with E-state index >= 15 is 0 Å². The van der Waals surface area contributed by atoms with Gasteiger partial charge in [0.1, 0.15) is 11.6 Å². The Labute approximate surface area is 208 Å². The molecule has 0 saturated carbocycles. The summed E-state index contributed by atoms with van der Waals surface area (Å²) in [5.41, 5.74) is -0.634. The predicted molar refractivity (Wildman–Crippen MR) is 134 cm³/mol. The lowest BCUT2D eigenvalue weighted by Gasteiger charge is -2.35. The molecule has 1 atom stereocenters. The number of nitrogens with zero attached hydrogens (tertiary/aromatic N) is 3. The van der Waals surface area contributed by atoms with Crippen LogP contribution in [-0.4, -0.2) is 63.5 Å². The highest BCUT2D eigenvalue weighted by Crippen LogP contribution is 2.19. The molecule has 0 heterocycles. The Bertz CT molecular complexity index is 900. The Hall–Kier alpha value is -3.17. The standard InChI is InChI=1S/C25H40N4O6/c1-17(2)16-20(27(9)23(32)35-25(6,7)8)21(30)28(22(31)26-24(3,4)5)15-14-18-10-12-19(13-11-18)29(33)34/h10-13,17,20H,14-16H2,1-9H3,(H,26,31)/t20-/m0/s1. The van der Waals surface area contributed by atoms with Crippen molar-refractivity contribution >= 4 is 23.7 Å². The number of carbonyl (C=O) groups excluding carboxylic acids is 3. The van der Waals surface area contributed by atoms with Gasteiger partial charge in [-0.15, -0.1) is 0 Å². The van der Waals surface area contributed by atoms with E-state index in [1.807, 2.05) is 34.6 Å². The van der Waals surface area contributed by atoms with Gasteiger partial charge in [0.05, 0.1) is 4.92 Å². The first-order valence-electron chi connectivity index (χ1n) is 11.7. The van der Waals surface area contributed by atoms with Gasteiger partial charge in [0, 0.05) is 31.3 Å². The van der Waals surface area contributed by atoms with Crippen LogP contribution >= 0.6 is 0 Å². The van der Waals surface area contributed by atoms with E-state index in [9.17, 15) is 24.5 Å². The molecule has 0 aliphatic carbocycles. The van der Waals surface area contributed by atoms with Crippen molar-refractivity contribution in [1.29, 1.82) is 0 Å². The maximum Gasteiger partial charge on any atom is 0.410 e. The molecule has 10 heteroatoms. The fraction of sp³-hybridized carbons (Fsp3) is 0.640. The molecule has 0 unspecified atom stereocenters. The summed E-state index contributed by atoms with van der Waals surface area (Å²) in [5, 5.41) is 13.7. The minimum atomic E-state index is -0.910. The third-order valence-corrected chi connectivity index (χ3v) is 4.89. The molecule has 1 aromatic rings. The van der Waals surface area contributed by atoms with E-state index in [0.717, 1.165) is 10.5 Å². The summed E-state index contributed by atoms with van der Waals surface area (Å²) in [6, 6.07) is 4.48. The van der Waals surface area contributed by atoms with Crippen LogP contribution in [0.5, 0.6) is 0 Å². The predicted octanol–water partition coefficient (Wildman–Crippen LogP) is 4.76. The second-order valence-electron chi connectivity index (χ2n) is 11.1. The summed E-state index contributed by atoms with van der Waals surface area (Å²) in [6.07, 6.45) is -0.0138. The lowest BCUT2D eigenvalue weighted by molar-refractivity contribution is -0.384. The van der Waals surface area contributed by atoms with Crippen molar-refractivity contribution in [2.75, 3.05) is 13.6 Å². The number of amides is 4. The quantitative estimate of drug-likeness (QED) is 0.412. The zero-order chi connectivity index (χ0) is 27.1. The van der Waals surface area contributed by atoms with Crippen molar-refractivity contribution in [3.05, 3.63) is 39.9 Å². The lowest BCUT2D eigenvalue weighted by Crippen LogP contribution is -2.57. The molecule has 4 amide bonds. The van der Waals surface area contributed by atoms with Crippen molar-refractivity contribution < 1.29 is 24.0 Å². The van der Waals surface area contributed by atoms with E-state index in [-0.39, 0.29) is 18.2 Å². The Kier molecular flexibility index (Phi) is 10.2. The van der Waals surface area contributed by atoms with E-state index in [1.165, 1.54) is 24.1 Å². The number of nitro benzene ring substituents is 1. The van der Waals surface area contributed by atoms with Gasteiger partial charge in [0.15, 0.2) is 0 Å². The Balaban J connectivity index is 3.24. The molecular weight excluding hydrogens is 452 g/mol. The third kappa shape index (κ3) is 10.3. The summed E-state index contributed by atoms with van der Waals surface area (Å²) >= 11 is 0. The summed E-state index contributed by atoms with van der Waals surface area (Å²) in [4.78, 5) is 52.4. The molecule has 0 bridgehead atoms. The number of hydrogen-bond donors (Lipinski definition) is 1. The van der Waals surface area contributed by atoms with Gasteiger partial charge in [-0.25, -0.2) is 9.59 Å². The number of nitro groups is 1. The van der Waals surface area contributed by atoms with Crippen molar-refractivity contribution in [3.63, 3.8) is 0 Å². The van der Waals surface area contributed by atoms with Gasteiger partial charge in [-0.05, 0) is 65.9 Å². The zero-order valence-electron chi connectivity index (χ0n) is 22.4. The molecule has 0 aromatic heterocycles. The van der Waals surface area contributed by atoms with Gasteiger partial charge in [-0.1, -0.05) is 26.0 Å². The average Bonchev–Trinajstić information content (AvgIpc) is 2.69. The first kappa shape index (κ1) is 29.9. The maximum absolute atomic E-state index is 13.7. The first-order valence-corrected chi connectivity index (χ1v) is 11.7. The number of nitrogens with one attached hydrogen (secondary N) is 1. The molecule has 35 heavy (non-hydrogen) atoms. The van der Waals surface area contributed by atoms with E-state index in [4.69, 9.17) is 4.74 Å². The van der Waals surface area contributed by atoms with Gasteiger partial charge in [0.25, 0.3) is 11.6 Å². The van der Waals surface area contributed by atoms with Crippen molar-refractivity contribution in [3.8, 4) is 0 Å². The minimum Gasteiger partial charge on any atom is -0.444 e. The van der Waals surface area contributed by atoms with Gasteiger partial charge in [0.2, 0.25) is 0 Å². The molecule has 0 aliphatic rings. The molecule has 0 fully saturated rings. The number of benzene rings is 1. The molecule has 0 aliphatic heterocycles. The smallest absolute Gasteiger partial charge is 0.410 e. The van der Waals surface area contributed by atoms with Gasteiger partial charge < -0.3 is 10.1 Å². The van der Waals surface area contributed by atoms with E-state index in [2.05, 4.69) is 5.32 Å². The molecule has 0 radical (unpaired) electrons. The van der Waals surface area contributed by atoms with Gasteiger partial charge in [-0.3, -0.25) is 24.7 Å². The Morgan fingerprint density at radius 2 is 1.60 bits per heavy atom. The molecular formula is C25H40N4O6. The Morgan fingerprint density at radius 3 is 2.03 bits per heavy atom. The molecule has 0 saturated heterocycles. The summed E-state index contributed by atoms with van der Waals surface area (Å²) < 4.78 is 5.45. The fourth-order valence-corrected chi connectivity index (χ4v) is 3.24. The number of carbonyl (C=O) groups is 3. The van der Waals surface area contributed by atoms with Crippen LogP contribution in [0.4, 0.5) is 15.3 Å². The number of urea groups is 1. The van der Waals surface area contributed by atoms with Crippen molar-refractivity contribution in [2.45, 2.75) is 85.4 Å². The topological polar surface area (TPSA) is 122 Å². The number of imide groups is 1. The normalized spacial score (nSPS) is 12.6. The van der Waals surface area contributed by atoms with Crippen LogP contribution in [0, 0.1) is 16.0 Å². The molecule has 1 N–H and O–H groups in total. The van der Waals surface area contributed by atoms with Crippen LogP contribution in [0.25, 0.3) is 0 Å². The average molecular weight is 493 g/mol. The van der Waals surface area contributed by atoms with E-state index in [0.29, 0.717) is 12.8 Å². The van der Waals surface area contributed by atoms with Crippen LogP contribution in [0.2, 0.25) is 0 Å². The first-order chi connectivity index (χ1) is 15.9. The number of rotatable bonds is 8. The second-order valence-corrected chi connectivity index (χ2v) is 11.1. The largest absolute Gasteiger partial charge is 0.444 e. The lowest BCUT2D eigenvalue weighted by atomic mass is 10.0. The second kappa shape index (κ2) is 12.0. The number of hydrogen-bond acceptors (Lipinski definition) is 6. The Morgan fingerprint density at radius 1 is 1.06 bits per heavy atom. The highest BCUT2D eigenvalue weighted by molar-refractivity contribution is 5.98. The highest BCUT2D eigenvalue weighted by Gasteiger charge is 2.36. The van der Waals surface area contributed by atoms with Crippen molar-refractivity contribution in [1.82, 2.24) is 15.1 Å². The molecule has 1 rings (SSSR count). The SMILES string of the molecule is CC(C)C[C@@H](C(=O)N(CCc1ccc([N+](=O)[O-])cc1)C(=O)NC(C)(C)C)N(C)C(=O)OC(C)(C)C. The number of non-ortho nitro benzene ring substituents is 1. The van der Waals surface area contributed by atoms with Crippen LogP contribution in [0.1, 0.15) is 67.4 Å². The number of likely N-dealkylation sites (N-methyl/N-ethyl adjacent to an activating group) is 1. The van der Waals surface area contributed by atoms with Crippen LogP contribution in [0.3, 0.4) is 0 Å². The van der Waals surface area contributed by atoms with Crippen LogP contribution in [-0.2, 0) is 16.0 Å². The molecule has 196 valence electrons. The van der Waals surface area contributed by atoms with Crippen LogP contribution < -0.4 is 5.32 Å². The highest BCUT2D eigenvalue weighted by atomic mass is 16.6. The summed E-state index contributed by atoms with van der Waals surface area (Å²) in [7, 11) is 1.50. The minimum absolute atomic E-state index is 0.0370. The number of ether oxygens (including phenoxy) is 1. The molecule has 0 spiro atoms. The molecule has 10 nitrogen and oxygen atoms in total. The van der Waals surface area contributed by atoms with Crippen LogP contribution in [0.15, 0.2) is 24.3 Å².